The molecule has 1 amide bonds. The van der Waals surface area contributed by atoms with Crippen LogP contribution in [0.25, 0.3) is 10.9 Å². The molecule has 0 aliphatic heterocycles. The zero-order valence-electron chi connectivity index (χ0n) is 14.9. The molecule has 3 aromatic rings. The Morgan fingerprint density at radius 1 is 1.15 bits per heavy atom. The third-order valence-electron chi connectivity index (χ3n) is 4.20. The second-order valence-corrected chi connectivity index (χ2v) is 7.52. The lowest BCUT2D eigenvalue weighted by molar-refractivity contribution is -0.115. The molecule has 1 heterocycles. The van der Waals surface area contributed by atoms with Crippen LogP contribution >= 0.6 is 11.8 Å². The molecule has 0 bridgehead atoms. The van der Waals surface area contributed by atoms with Gasteiger partial charge in [0.05, 0.1) is 27.0 Å². The fraction of sp³-hybridized carbons (Fsp3) is 0.190. The molecule has 0 spiro atoms. The van der Waals surface area contributed by atoms with E-state index in [4.69, 9.17) is 10.2 Å². The van der Waals surface area contributed by atoms with Gasteiger partial charge in [0, 0.05) is 5.39 Å². The number of amides is 1. The average molecular weight is 361 g/mol. The second kappa shape index (κ2) is 7.59. The predicted molar refractivity (Wildman–Crippen MR) is 106 cm³/mol. The lowest BCUT2D eigenvalue weighted by Gasteiger charge is -2.14. The minimum absolute atomic E-state index is 0.151. The number of nitrogens with one attached hydrogen (secondary N) is 1. The Morgan fingerprint density at radius 2 is 1.92 bits per heavy atom. The molecule has 0 radical (unpaired) electrons. The molecule has 0 saturated carbocycles. The van der Waals surface area contributed by atoms with Gasteiger partial charge in [0.15, 0.2) is 0 Å². The van der Waals surface area contributed by atoms with Crippen LogP contribution in [0.3, 0.4) is 0 Å². The van der Waals surface area contributed by atoms with Crippen LogP contribution in [-0.4, -0.2) is 16.1 Å². The highest BCUT2D eigenvalue weighted by atomic mass is 32.2. The van der Waals surface area contributed by atoms with Crippen LogP contribution < -0.4 is 5.32 Å². The molecule has 1 aromatic heterocycles. The van der Waals surface area contributed by atoms with Gasteiger partial charge < -0.3 is 5.32 Å². The van der Waals surface area contributed by atoms with E-state index in [1.807, 2.05) is 32.0 Å². The van der Waals surface area contributed by atoms with Gasteiger partial charge in [0.1, 0.15) is 6.07 Å². The van der Waals surface area contributed by atoms with Gasteiger partial charge in [-0.3, -0.25) is 4.79 Å². The molecular weight excluding hydrogens is 342 g/mol. The number of carbonyl (C=O) groups is 1. The smallest absolute Gasteiger partial charge is 0.237 e. The summed E-state index contributed by atoms with van der Waals surface area (Å²) in [6.07, 6.45) is 0. The van der Waals surface area contributed by atoms with E-state index < -0.39 is 0 Å². The number of para-hydroxylation sites is 2. The van der Waals surface area contributed by atoms with Crippen molar-refractivity contribution in [3.63, 3.8) is 0 Å². The summed E-state index contributed by atoms with van der Waals surface area (Å²) in [5, 5.41) is 13.6. The molecule has 4 nitrogen and oxygen atoms in total. The van der Waals surface area contributed by atoms with Crippen LogP contribution in [0.5, 0.6) is 0 Å². The van der Waals surface area contributed by atoms with Crippen LogP contribution in [0.1, 0.15) is 23.6 Å². The summed E-state index contributed by atoms with van der Waals surface area (Å²) in [7, 11) is 0. The Bertz CT molecular complexity index is 1020. The highest BCUT2D eigenvalue weighted by molar-refractivity contribution is 8.00. The largest absolute Gasteiger partial charge is 0.324 e. The molecule has 0 fully saturated rings. The fourth-order valence-electron chi connectivity index (χ4n) is 2.75. The number of rotatable bonds is 4. The molecule has 2 aromatic carbocycles. The lowest BCUT2D eigenvalue weighted by Crippen LogP contribution is -2.23. The van der Waals surface area contributed by atoms with Crippen LogP contribution in [0.15, 0.2) is 53.6 Å². The molecular formula is C21H19N3OS. The van der Waals surface area contributed by atoms with Crippen molar-refractivity contribution in [1.82, 2.24) is 4.98 Å². The van der Waals surface area contributed by atoms with Gasteiger partial charge in [-0.25, -0.2) is 4.98 Å². The molecule has 1 N–H and O–H groups in total. The van der Waals surface area contributed by atoms with E-state index in [2.05, 4.69) is 24.4 Å². The van der Waals surface area contributed by atoms with E-state index in [0.717, 1.165) is 27.1 Å². The number of aryl methyl sites for hydroxylation is 2. The van der Waals surface area contributed by atoms with E-state index >= 15 is 0 Å². The molecule has 130 valence electrons. The van der Waals surface area contributed by atoms with Crippen molar-refractivity contribution in [3.05, 3.63) is 65.2 Å². The van der Waals surface area contributed by atoms with Crippen LogP contribution in [0.4, 0.5) is 5.69 Å². The second-order valence-electron chi connectivity index (χ2n) is 6.16. The minimum Gasteiger partial charge on any atom is -0.324 e. The quantitative estimate of drug-likeness (QED) is 0.675. The third kappa shape index (κ3) is 3.71. The van der Waals surface area contributed by atoms with Crippen LogP contribution in [0, 0.1) is 25.2 Å². The summed E-state index contributed by atoms with van der Waals surface area (Å²) in [6.45, 7) is 5.94. The summed E-state index contributed by atoms with van der Waals surface area (Å²) in [5.74, 6) is -0.151. The van der Waals surface area contributed by atoms with Crippen molar-refractivity contribution >= 4 is 34.3 Å². The summed E-state index contributed by atoms with van der Waals surface area (Å²) in [6, 6.07) is 17.2. The van der Waals surface area contributed by atoms with E-state index in [9.17, 15) is 4.79 Å². The van der Waals surface area contributed by atoms with E-state index in [0.29, 0.717) is 11.3 Å². The third-order valence-corrected chi connectivity index (χ3v) is 5.21. The number of hydrogen-bond donors (Lipinski definition) is 1. The van der Waals surface area contributed by atoms with Crippen molar-refractivity contribution in [2.75, 3.05) is 5.32 Å². The van der Waals surface area contributed by atoms with Crippen molar-refractivity contribution in [1.29, 1.82) is 5.26 Å². The summed E-state index contributed by atoms with van der Waals surface area (Å²) in [4.78, 5) is 17.3. The average Bonchev–Trinajstić information content (AvgIpc) is 2.63. The predicted octanol–water partition coefficient (Wildman–Crippen LogP) is 4.84. The first-order chi connectivity index (χ1) is 12.5. The molecule has 0 unspecified atom stereocenters. The monoisotopic (exact) mass is 361 g/mol. The first-order valence-electron chi connectivity index (χ1n) is 8.33. The first kappa shape index (κ1) is 18.0. The Labute approximate surface area is 157 Å². The Kier molecular flexibility index (Phi) is 5.24. The van der Waals surface area contributed by atoms with Gasteiger partial charge in [-0.2, -0.15) is 5.26 Å². The van der Waals surface area contributed by atoms with E-state index in [-0.39, 0.29) is 11.2 Å². The Morgan fingerprint density at radius 3 is 2.69 bits per heavy atom. The van der Waals surface area contributed by atoms with E-state index in [1.54, 1.807) is 24.3 Å². The van der Waals surface area contributed by atoms with Crippen molar-refractivity contribution in [3.8, 4) is 6.07 Å². The number of benzene rings is 2. The van der Waals surface area contributed by atoms with Gasteiger partial charge in [0.25, 0.3) is 0 Å². The highest BCUT2D eigenvalue weighted by Gasteiger charge is 2.17. The summed E-state index contributed by atoms with van der Waals surface area (Å²) in [5.41, 5.74) is 4.22. The molecule has 5 heteroatoms. The fourth-order valence-corrected chi connectivity index (χ4v) is 3.67. The van der Waals surface area contributed by atoms with E-state index in [1.165, 1.54) is 11.8 Å². The molecule has 0 saturated heterocycles. The first-order valence-corrected chi connectivity index (χ1v) is 9.21. The lowest BCUT2D eigenvalue weighted by atomic mass is 10.1. The van der Waals surface area contributed by atoms with Crippen LogP contribution in [-0.2, 0) is 4.79 Å². The maximum Gasteiger partial charge on any atom is 0.237 e. The normalized spacial score (nSPS) is 11.8. The van der Waals surface area contributed by atoms with Gasteiger partial charge in [-0.05, 0) is 50.1 Å². The number of carbonyl (C=O) groups excluding carboxylic acids is 1. The number of thioether (sulfide) groups is 1. The highest BCUT2D eigenvalue weighted by Crippen LogP contribution is 2.28. The number of aromatic nitrogens is 1. The topological polar surface area (TPSA) is 65.8 Å². The summed E-state index contributed by atoms with van der Waals surface area (Å²) < 4.78 is 0. The molecule has 0 aliphatic rings. The number of nitrogens with zero attached hydrogens (tertiary/aromatic N) is 2. The Hall–Kier alpha value is -2.84. The number of fused-ring (bicyclic) bond motifs is 1. The summed E-state index contributed by atoms with van der Waals surface area (Å²) >= 11 is 1.42. The van der Waals surface area contributed by atoms with Crippen molar-refractivity contribution < 1.29 is 4.79 Å². The Balaban J connectivity index is 1.80. The van der Waals surface area contributed by atoms with Crippen molar-refractivity contribution in [2.45, 2.75) is 31.0 Å². The maximum atomic E-state index is 12.5. The molecule has 0 aliphatic carbocycles. The van der Waals surface area contributed by atoms with Gasteiger partial charge in [-0.15, -0.1) is 0 Å². The standard InChI is InChI=1S/C21H19N3OS/c1-13-7-6-9-17-14(2)11-19(24-20(13)17)26-15(3)21(25)23-18-10-5-4-8-16(18)12-22/h4-11,15H,1-3H3,(H,23,25)/t15-/m0/s1. The number of anilines is 1. The van der Waals surface area contributed by atoms with Gasteiger partial charge >= 0.3 is 0 Å². The SMILES string of the molecule is Cc1cc(S[C@@H](C)C(=O)Nc2ccccc2C#N)nc2c(C)cccc12. The molecule has 1 atom stereocenters. The van der Waals surface area contributed by atoms with Crippen molar-refractivity contribution in [2.24, 2.45) is 0 Å². The van der Waals surface area contributed by atoms with Crippen LogP contribution in [0.2, 0.25) is 0 Å². The maximum absolute atomic E-state index is 12.5. The number of pyridine rings is 1. The number of hydrogen-bond acceptors (Lipinski definition) is 4. The van der Waals surface area contributed by atoms with Gasteiger partial charge in [-0.1, -0.05) is 42.1 Å². The molecule has 26 heavy (non-hydrogen) atoms. The minimum atomic E-state index is -0.338. The zero-order valence-corrected chi connectivity index (χ0v) is 15.7. The number of nitriles is 1. The van der Waals surface area contributed by atoms with Gasteiger partial charge in [0.2, 0.25) is 5.91 Å². The molecule has 3 rings (SSSR count). The zero-order chi connectivity index (χ0) is 18.7.